The van der Waals surface area contributed by atoms with Gasteiger partial charge in [-0.05, 0) is 29.2 Å². The van der Waals surface area contributed by atoms with Gasteiger partial charge in [-0.15, -0.1) is 0 Å². The fourth-order valence-electron chi connectivity index (χ4n) is 3.61. The zero-order valence-corrected chi connectivity index (χ0v) is 16.9. The maximum atomic E-state index is 12.4. The number of rotatable bonds is 5. The third-order valence-electron chi connectivity index (χ3n) is 5.02. The summed E-state index contributed by atoms with van der Waals surface area (Å²) >= 11 is 0. The molecule has 0 bridgehead atoms. The van der Waals surface area contributed by atoms with Gasteiger partial charge in [0.2, 0.25) is 11.8 Å². The van der Waals surface area contributed by atoms with Crippen molar-refractivity contribution in [3.8, 4) is 11.5 Å². The Morgan fingerprint density at radius 3 is 2.43 bits per heavy atom. The summed E-state index contributed by atoms with van der Waals surface area (Å²) in [6.45, 7) is 5.72. The molecule has 2 N–H and O–H groups in total. The molecule has 1 heterocycles. The first-order valence-electron chi connectivity index (χ1n) is 9.31. The summed E-state index contributed by atoms with van der Waals surface area (Å²) in [5, 5.41) is 5.73. The Labute approximate surface area is 165 Å². The molecule has 2 amide bonds. The predicted octanol–water partition coefficient (Wildman–Crippen LogP) is 4.26. The topological polar surface area (TPSA) is 76.7 Å². The summed E-state index contributed by atoms with van der Waals surface area (Å²) in [6, 6.07) is 9.74. The number of benzene rings is 2. The standard InChI is InChI=1S/C22H26N2O4/c1-12(2)14-6-7-20(27-4)17(8-14)15-10-22(26)24-18-11-21(28-5)19(9-16(15)18)23-13(3)25/h6-9,11-12,15H,10H2,1-5H3,(H,23,25)(H,24,26). The number of carbonyl (C=O) groups is 2. The second kappa shape index (κ2) is 7.92. The van der Waals surface area contributed by atoms with E-state index >= 15 is 0 Å². The van der Waals surface area contributed by atoms with E-state index in [1.54, 1.807) is 13.2 Å². The zero-order valence-electron chi connectivity index (χ0n) is 16.9. The van der Waals surface area contributed by atoms with Gasteiger partial charge in [0.15, 0.2) is 0 Å². The molecule has 1 aliphatic rings. The minimum Gasteiger partial charge on any atom is -0.496 e. The van der Waals surface area contributed by atoms with Crippen molar-refractivity contribution in [3.63, 3.8) is 0 Å². The van der Waals surface area contributed by atoms with E-state index in [9.17, 15) is 9.59 Å². The highest BCUT2D eigenvalue weighted by Gasteiger charge is 2.30. The summed E-state index contributed by atoms with van der Waals surface area (Å²) in [5.41, 5.74) is 4.32. The van der Waals surface area contributed by atoms with Crippen LogP contribution in [0.5, 0.6) is 11.5 Å². The van der Waals surface area contributed by atoms with Crippen molar-refractivity contribution < 1.29 is 19.1 Å². The quantitative estimate of drug-likeness (QED) is 0.810. The lowest BCUT2D eigenvalue weighted by Crippen LogP contribution is -2.24. The molecule has 0 spiro atoms. The van der Waals surface area contributed by atoms with Gasteiger partial charge in [-0.25, -0.2) is 0 Å². The lowest BCUT2D eigenvalue weighted by Gasteiger charge is -2.29. The highest BCUT2D eigenvalue weighted by atomic mass is 16.5. The number of ether oxygens (including phenoxy) is 2. The molecule has 6 heteroatoms. The van der Waals surface area contributed by atoms with E-state index in [4.69, 9.17) is 9.47 Å². The zero-order chi connectivity index (χ0) is 20.4. The number of amides is 2. The molecule has 2 aromatic carbocycles. The summed E-state index contributed by atoms with van der Waals surface area (Å²) in [4.78, 5) is 24.0. The predicted molar refractivity (Wildman–Crippen MR) is 109 cm³/mol. The summed E-state index contributed by atoms with van der Waals surface area (Å²) in [6.07, 6.45) is 0.302. The molecule has 3 rings (SSSR count). The molecule has 2 aromatic rings. The lowest BCUT2D eigenvalue weighted by atomic mass is 9.82. The van der Waals surface area contributed by atoms with E-state index in [1.165, 1.54) is 19.6 Å². The highest BCUT2D eigenvalue weighted by Crippen LogP contribution is 2.45. The van der Waals surface area contributed by atoms with Crippen molar-refractivity contribution in [2.24, 2.45) is 0 Å². The molecule has 1 unspecified atom stereocenters. The molecule has 0 aromatic heterocycles. The van der Waals surface area contributed by atoms with Crippen LogP contribution in [-0.2, 0) is 9.59 Å². The average Bonchev–Trinajstić information content (AvgIpc) is 2.66. The average molecular weight is 382 g/mol. The smallest absolute Gasteiger partial charge is 0.225 e. The van der Waals surface area contributed by atoms with Crippen LogP contribution in [0.2, 0.25) is 0 Å². The maximum Gasteiger partial charge on any atom is 0.225 e. The third-order valence-corrected chi connectivity index (χ3v) is 5.02. The molecule has 0 aliphatic carbocycles. The monoisotopic (exact) mass is 382 g/mol. The maximum absolute atomic E-state index is 12.4. The molecule has 1 atom stereocenters. The number of anilines is 2. The van der Waals surface area contributed by atoms with Gasteiger partial charge in [0.25, 0.3) is 0 Å². The van der Waals surface area contributed by atoms with Crippen LogP contribution in [0.1, 0.15) is 55.7 Å². The van der Waals surface area contributed by atoms with Gasteiger partial charge in [-0.1, -0.05) is 26.0 Å². The molecule has 6 nitrogen and oxygen atoms in total. The lowest BCUT2D eigenvalue weighted by molar-refractivity contribution is -0.117. The third kappa shape index (κ3) is 3.81. The van der Waals surface area contributed by atoms with Gasteiger partial charge in [0.05, 0.1) is 19.9 Å². The van der Waals surface area contributed by atoms with Crippen LogP contribution >= 0.6 is 0 Å². The van der Waals surface area contributed by atoms with E-state index in [-0.39, 0.29) is 17.7 Å². The van der Waals surface area contributed by atoms with Crippen LogP contribution in [0.25, 0.3) is 0 Å². The van der Waals surface area contributed by atoms with Gasteiger partial charge in [0, 0.05) is 36.6 Å². The number of nitrogens with one attached hydrogen (secondary N) is 2. The van der Waals surface area contributed by atoms with Crippen LogP contribution < -0.4 is 20.1 Å². The Hall–Kier alpha value is -3.02. The molecule has 0 fully saturated rings. The molecule has 0 radical (unpaired) electrons. The molecule has 0 saturated heterocycles. The molecule has 28 heavy (non-hydrogen) atoms. The summed E-state index contributed by atoms with van der Waals surface area (Å²) in [7, 11) is 3.17. The van der Waals surface area contributed by atoms with Gasteiger partial charge < -0.3 is 20.1 Å². The van der Waals surface area contributed by atoms with Crippen LogP contribution in [-0.4, -0.2) is 26.0 Å². The van der Waals surface area contributed by atoms with Crippen molar-refractivity contribution >= 4 is 23.2 Å². The minimum atomic E-state index is -0.186. The molecular formula is C22H26N2O4. The Morgan fingerprint density at radius 2 is 1.82 bits per heavy atom. The van der Waals surface area contributed by atoms with Crippen LogP contribution in [0, 0.1) is 0 Å². The van der Waals surface area contributed by atoms with E-state index in [0.29, 0.717) is 29.5 Å². The first kappa shape index (κ1) is 19.7. The van der Waals surface area contributed by atoms with Crippen molar-refractivity contribution in [3.05, 3.63) is 47.0 Å². The Balaban J connectivity index is 2.18. The molecule has 148 valence electrons. The minimum absolute atomic E-state index is 0.0659. The number of methoxy groups -OCH3 is 2. The molecule has 0 saturated carbocycles. The van der Waals surface area contributed by atoms with E-state index in [2.05, 4.69) is 30.5 Å². The van der Waals surface area contributed by atoms with Crippen LogP contribution in [0.15, 0.2) is 30.3 Å². The number of hydrogen-bond acceptors (Lipinski definition) is 4. The second-order valence-corrected chi connectivity index (χ2v) is 7.28. The Kier molecular flexibility index (Phi) is 5.58. The van der Waals surface area contributed by atoms with Crippen molar-refractivity contribution in [2.45, 2.75) is 39.0 Å². The van der Waals surface area contributed by atoms with Crippen LogP contribution in [0.3, 0.4) is 0 Å². The van der Waals surface area contributed by atoms with Crippen molar-refractivity contribution in [2.75, 3.05) is 24.9 Å². The Morgan fingerprint density at radius 1 is 1.11 bits per heavy atom. The first-order chi connectivity index (χ1) is 13.3. The fourth-order valence-corrected chi connectivity index (χ4v) is 3.61. The number of carbonyl (C=O) groups excluding carboxylic acids is 2. The van der Waals surface area contributed by atoms with Crippen LogP contribution in [0.4, 0.5) is 11.4 Å². The largest absolute Gasteiger partial charge is 0.496 e. The number of fused-ring (bicyclic) bond motifs is 1. The fraction of sp³-hybridized carbons (Fsp3) is 0.364. The Bertz CT molecular complexity index is 921. The highest BCUT2D eigenvalue weighted by molar-refractivity contribution is 5.98. The normalized spacial score (nSPS) is 15.6. The van der Waals surface area contributed by atoms with Gasteiger partial charge >= 0.3 is 0 Å². The van der Waals surface area contributed by atoms with Crippen molar-refractivity contribution in [1.82, 2.24) is 0 Å². The second-order valence-electron chi connectivity index (χ2n) is 7.28. The van der Waals surface area contributed by atoms with E-state index in [1.807, 2.05) is 18.2 Å². The van der Waals surface area contributed by atoms with E-state index < -0.39 is 0 Å². The molecular weight excluding hydrogens is 356 g/mol. The van der Waals surface area contributed by atoms with Gasteiger partial charge in [-0.2, -0.15) is 0 Å². The summed E-state index contributed by atoms with van der Waals surface area (Å²) < 4.78 is 11.0. The number of hydrogen-bond donors (Lipinski definition) is 2. The van der Waals surface area contributed by atoms with Gasteiger partial charge in [-0.3, -0.25) is 9.59 Å². The first-order valence-corrected chi connectivity index (χ1v) is 9.31. The van der Waals surface area contributed by atoms with Gasteiger partial charge in [0.1, 0.15) is 11.5 Å². The SMILES string of the molecule is COc1cc2c(cc1NC(C)=O)C(c1cc(C(C)C)ccc1OC)CC(=O)N2. The molecule has 1 aliphatic heterocycles. The van der Waals surface area contributed by atoms with E-state index in [0.717, 1.165) is 16.9 Å². The summed E-state index contributed by atoms with van der Waals surface area (Å²) in [5.74, 6) is 1.16. The van der Waals surface area contributed by atoms with Crippen molar-refractivity contribution in [1.29, 1.82) is 0 Å².